The summed E-state index contributed by atoms with van der Waals surface area (Å²) in [6, 6.07) is 3.88. The Hall–Kier alpha value is -1.86. The van der Waals surface area contributed by atoms with Crippen molar-refractivity contribution in [2.24, 2.45) is 0 Å². The molecule has 1 aliphatic rings. The number of benzene rings is 1. The Labute approximate surface area is 154 Å². The van der Waals surface area contributed by atoms with Crippen LogP contribution in [0, 0.1) is 20.8 Å². The van der Waals surface area contributed by atoms with Crippen LogP contribution in [-0.2, 0) is 10.0 Å². The lowest BCUT2D eigenvalue weighted by molar-refractivity contribution is 0.0587. The Morgan fingerprint density at radius 2 is 1.92 bits per heavy atom. The molecular formula is C19H26N2O4S. The van der Waals surface area contributed by atoms with Gasteiger partial charge in [0.25, 0.3) is 5.91 Å². The molecule has 0 bridgehead atoms. The molecule has 7 heteroatoms. The smallest absolute Gasteiger partial charge is 0.290 e. The number of furan rings is 1. The number of carbonyl (C=O) groups excluding carboxylic acids is 1. The van der Waals surface area contributed by atoms with Crippen molar-refractivity contribution in [1.82, 2.24) is 9.62 Å². The highest BCUT2D eigenvalue weighted by Crippen LogP contribution is 2.32. The first-order valence-electron chi connectivity index (χ1n) is 8.94. The van der Waals surface area contributed by atoms with Gasteiger partial charge in [0.15, 0.2) is 5.76 Å². The number of sulfonamides is 1. The maximum atomic E-state index is 13.2. The molecule has 1 amide bonds. The van der Waals surface area contributed by atoms with E-state index in [0.717, 1.165) is 53.2 Å². The molecule has 142 valence electrons. The van der Waals surface area contributed by atoms with Crippen molar-refractivity contribution in [3.8, 4) is 0 Å². The van der Waals surface area contributed by atoms with E-state index >= 15 is 0 Å². The Morgan fingerprint density at radius 1 is 1.23 bits per heavy atom. The van der Waals surface area contributed by atoms with Gasteiger partial charge >= 0.3 is 0 Å². The van der Waals surface area contributed by atoms with E-state index in [4.69, 9.17) is 4.42 Å². The van der Waals surface area contributed by atoms with Crippen LogP contribution in [0.2, 0.25) is 0 Å². The molecule has 1 aromatic carbocycles. The molecule has 3 rings (SSSR count). The van der Waals surface area contributed by atoms with Gasteiger partial charge in [-0.15, -0.1) is 0 Å². The molecule has 0 saturated carbocycles. The number of nitrogens with one attached hydrogen (secondary N) is 1. The normalized spacial score (nSPS) is 18.5. The van der Waals surface area contributed by atoms with Crippen molar-refractivity contribution in [2.75, 3.05) is 19.3 Å². The lowest BCUT2D eigenvalue weighted by Gasteiger charge is -2.35. The van der Waals surface area contributed by atoms with Crippen LogP contribution < -0.4 is 4.72 Å². The summed E-state index contributed by atoms with van der Waals surface area (Å²) in [5.74, 6) is 0.209. The van der Waals surface area contributed by atoms with Crippen LogP contribution >= 0.6 is 0 Å². The van der Waals surface area contributed by atoms with Gasteiger partial charge in [0.05, 0.1) is 6.26 Å². The standard InChI is InChI=1S/C19H26N2O4S/c1-12-8-9-13(2)17-16(12)14(3)18(25-17)19(22)21-10-6-5-7-15(21)11-20-26(4,23)24/h8-9,15,20H,5-7,10-11H2,1-4H3. The number of piperidine rings is 1. The number of fused-ring (bicyclic) bond motifs is 1. The highest BCUT2D eigenvalue weighted by molar-refractivity contribution is 7.88. The second-order valence-electron chi connectivity index (χ2n) is 7.23. The third-order valence-electron chi connectivity index (χ3n) is 5.15. The van der Waals surface area contributed by atoms with E-state index in [1.807, 2.05) is 32.9 Å². The number of nitrogens with zero attached hydrogens (tertiary/aromatic N) is 1. The number of rotatable bonds is 4. The second kappa shape index (κ2) is 7.04. The molecule has 2 aromatic rings. The SMILES string of the molecule is Cc1ccc(C)c2c(C)c(C(=O)N3CCCCC3CNS(C)(=O)=O)oc12. The topological polar surface area (TPSA) is 79.6 Å². The van der Waals surface area contributed by atoms with Gasteiger partial charge in [-0.05, 0) is 51.2 Å². The summed E-state index contributed by atoms with van der Waals surface area (Å²) in [5, 5.41) is 0.996. The maximum Gasteiger partial charge on any atom is 0.290 e. The molecule has 0 aliphatic carbocycles. The lowest BCUT2D eigenvalue weighted by atomic mass is 10.0. The monoisotopic (exact) mass is 378 g/mol. The summed E-state index contributed by atoms with van der Waals surface area (Å²) in [6.45, 7) is 6.75. The van der Waals surface area contributed by atoms with Gasteiger partial charge in [-0.2, -0.15) is 0 Å². The van der Waals surface area contributed by atoms with E-state index in [1.165, 1.54) is 0 Å². The molecule has 6 nitrogen and oxygen atoms in total. The molecule has 0 radical (unpaired) electrons. The van der Waals surface area contributed by atoms with Gasteiger partial charge in [0.2, 0.25) is 10.0 Å². The molecule has 1 aliphatic heterocycles. The minimum absolute atomic E-state index is 0.152. The lowest BCUT2D eigenvalue weighted by Crippen LogP contribution is -2.49. The minimum Gasteiger partial charge on any atom is -0.450 e. The molecule has 2 heterocycles. The Kier molecular flexibility index (Phi) is 5.12. The number of likely N-dealkylation sites (tertiary alicyclic amines) is 1. The predicted octanol–water partition coefficient (Wildman–Crippen LogP) is 2.90. The molecule has 26 heavy (non-hydrogen) atoms. The van der Waals surface area contributed by atoms with E-state index in [2.05, 4.69) is 4.72 Å². The van der Waals surface area contributed by atoms with Crippen LogP contribution in [0.3, 0.4) is 0 Å². The van der Waals surface area contributed by atoms with Crippen molar-refractivity contribution in [1.29, 1.82) is 0 Å². The summed E-state index contributed by atoms with van der Waals surface area (Å²) < 4.78 is 31.4. The summed E-state index contributed by atoms with van der Waals surface area (Å²) in [6.07, 6.45) is 3.82. The fraction of sp³-hybridized carbons (Fsp3) is 0.526. The van der Waals surface area contributed by atoms with Gasteiger partial charge < -0.3 is 9.32 Å². The predicted molar refractivity (Wildman–Crippen MR) is 102 cm³/mol. The van der Waals surface area contributed by atoms with Crippen molar-refractivity contribution in [3.05, 3.63) is 34.6 Å². The average molecular weight is 378 g/mol. The van der Waals surface area contributed by atoms with Gasteiger partial charge in [0, 0.05) is 30.1 Å². The van der Waals surface area contributed by atoms with Gasteiger partial charge in [-0.1, -0.05) is 12.1 Å². The Morgan fingerprint density at radius 3 is 2.58 bits per heavy atom. The van der Waals surface area contributed by atoms with E-state index in [-0.39, 0.29) is 18.5 Å². The van der Waals surface area contributed by atoms with E-state index in [9.17, 15) is 13.2 Å². The first-order chi connectivity index (χ1) is 12.2. The highest BCUT2D eigenvalue weighted by atomic mass is 32.2. The third kappa shape index (κ3) is 3.64. The minimum atomic E-state index is -3.29. The third-order valence-corrected chi connectivity index (χ3v) is 5.84. The van der Waals surface area contributed by atoms with Crippen molar-refractivity contribution < 1.29 is 17.6 Å². The zero-order valence-electron chi connectivity index (χ0n) is 15.8. The van der Waals surface area contributed by atoms with E-state index in [0.29, 0.717) is 12.3 Å². The second-order valence-corrected chi connectivity index (χ2v) is 9.06. The molecule has 1 unspecified atom stereocenters. The number of aryl methyl sites for hydroxylation is 3. The quantitative estimate of drug-likeness (QED) is 0.887. The van der Waals surface area contributed by atoms with E-state index in [1.54, 1.807) is 4.90 Å². The summed E-state index contributed by atoms with van der Waals surface area (Å²) in [5.41, 5.74) is 3.70. The fourth-order valence-electron chi connectivity index (χ4n) is 3.74. The molecule has 1 saturated heterocycles. The summed E-state index contributed by atoms with van der Waals surface area (Å²) in [4.78, 5) is 15.0. The van der Waals surface area contributed by atoms with E-state index < -0.39 is 10.0 Å². The number of hydrogen-bond acceptors (Lipinski definition) is 4. The van der Waals surface area contributed by atoms with Crippen LogP contribution in [0.1, 0.15) is 46.5 Å². The maximum absolute atomic E-state index is 13.2. The molecular weight excluding hydrogens is 352 g/mol. The number of carbonyl (C=O) groups is 1. The fourth-order valence-corrected chi connectivity index (χ4v) is 4.23. The highest BCUT2D eigenvalue weighted by Gasteiger charge is 2.31. The summed E-state index contributed by atoms with van der Waals surface area (Å²) >= 11 is 0. The van der Waals surface area contributed by atoms with Gasteiger partial charge in [-0.3, -0.25) is 4.79 Å². The Bertz CT molecular complexity index is 946. The van der Waals surface area contributed by atoms with Crippen LogP contribution in [-0.4, -0.2) is 44.6 Å². The van der Waals surface area contributed by atoms with Crippen molar-refractivity contribution in [2.45, 2.75) is 46.1 Å². The largest absolute Gasteiger partial charge is 0.450 e. The molecule has 0 spiro atoms. The zero-order valence-corrected chi connectivity index (χ0v) is 16.6. The average Bonchev–Trinajstić information content (AvgIpc) is 2.94. The Balaban J connectivity index is 1.94. The van der Waals surface area contributed by atoms with Crippen LogP contribution in [0.15, 0.2) is 16.5 Å². The molecule has 1 aromatic heterocycles. The van der Waals surface area contributed by atoms with Gasteiger partial charge in [0.1, 0.15) is 5.58 Å². The molecule has 1 atom stereocenters. The first-order valence-corrected chi connectivity index (χ1v) is 10.8. The van der Waals surface area contributed by atoms with Crippen LogP contribution in [0.4, 0.5) is 0 Å². The number of hydrogen-bond donors (Lipinski definition) is 1. The van der Waals surface area contributed by atoms with Gasteiger partial charge in [-0.25, -0.2) is 13.1 Å². The van der Waals surface area contributed by atoms with Crippen LogP contribution in [0.5, 0.6) is 0 Å². The van der Waals surface area contributed by atoms with Crippen molar-refractivity contribution in [3.63, 3.8) is 0 Å². The first kappa shape index (κ1) is 18.9. The zero-order chi connectivity index (χ0) is 19.1. The summed E-state index contributed by atoms with van der Waals surface area (Å²) in [7, 11) is -3.29. The number of amides is 1. The molecule has 1 fully saturated rings. The molecule has 1 N–H and O–H groups in total. The van der Waals surface area contributed by atoms with Crippen molar-refractivity contribution >= 4 is 26.9 Å². The van der Waals surface area contributed by atoms with Crippen LogP contribution in [0.25, 0.3) is 11.0 Å².